The van der Waals surface area contributed by atoms with Crippen LogP contribution in [0.1, 0.15) is 18.4 Å². The number of rotatable bonds is 2. The lowest BCUT2D eigenvalue weighted by molar-refractivity contribution is 0.140. The zero-order chi connectivity index (χ0) is 10.3. The van der Waals surface area contributed by atoms with Crippen molar-refractivity contribution in [1.82, 2.24) is 0 Å². The Morgan fingerprint density at radius 1 is 1.36 bits per heavy atom. The Morgan fingerprint density at radius 3 is 2.50 bits per heavy atom. The first kappa shape index (κ1) is 9.40. The Kier molecular flexibility index (Phi) is 1.96. The van der Waals surface area contributed by atoms with E-state index in [9.17, 15) is 13.9 Å². The SMILES string of the molecule is COc1ccc(F)c(C2(O)CC2)c1F. The van der Waals surface area contributed by atoms with Crippen LogP contribution in [0.15, 0.2) is 12.1 Å². The van der Waals surface area contributed by atoms with Crippen LogP contribution in [-0.2, 0) is 5.60 Å². The van der Waals surface area contributed by atoms with E-state index in [-0.39, 0.29) is 11.3 Å². The Balaban J connectivity index is 2.56. The smallest absolute Gasteiger partial charge is 0.174 e. The standard InChI is InChI=1S/C10H10F2O2/c1-14-7-3-2-6(11)8(9(7)12)10(13)4-5-10/h2-3,13H,4-5H2,1H3. The molecule has 0 heterocycles. The molecule has 2 rings (SSSR count). The van der Waals surface area contributed by atoms with Gasteiger partial charge in [-0.2, -0.15) is 0 Å². The van der Waals surface area contributed by atoms with Crippen molar-refractivity contribution in [3.8, 4) is 5.75 Å². The first-order chi connectivity index (χ1) is 6.58. The van der Waals surface area contributed by atoms with E-state index >= 15 is 0 Å². The third-order valence-electron chi connectivity index (χ3n) is 2.46. The predicted molar refractivity (Wildman–Crippen MR) is 46.0 cm³/mol. The molecule has 1 N–H and O–H groups in total. The van der Waals surface area contributed by atoms with E-state index in [1.54, 1.807) is 0 Å². The maximum Gasteiger partial charge on any atom is 0.174 e. The van der Waals surface area contributed by atoms with Gasteiger partial charge in [-0.1, -0.05) is 0 Å². The molecule has 76 valence electrons. The second kappa shape index (κ2) is 2.92. The molecule has 1 aliphatic rings. The van der Waals surface area contributed by atoms with Gasteiger partial charge in [-0.15, -0.1) is 0 Å². The van der Waals surface area contributed by atoms with Crippen molar-refractivity contribution in [2.75, 3.05) is 7.11 Å². The molecule has 4 heteroatoms. The molecule has 0 unspecified atom stereocenters. The number of aliphatic hydroxyl groups is 1. The third-order valence-corrected chi connectivity index (χ3v) is 2.46. The number of hydrogen-bond acceptors (Lipinski definition) is 2. The molecule has 1 saturated carbocycles. The fourth-order valence-corrected chi connectivity index (χ4v) is 1.49. The minimum Gasteiger partial charge on any atom is -0.494 e. The van der Waals surface area contributed by atoms with Crippen molar-refractivity contribution in [3.63, 3.8) is 0 Å². The summed E-state index contributed by atoms with van der Waals surface area (Å²) < 4.78 is 31.5. The predicted octanol–water partition coefficient (Wildman–Crippen LogP) is 1.95. The lowest BCUT2D eigenvalue weighted by Gasteiger charge is -2.12. The number of hydrogen-bond donors (Lipinski definition) is 1. The number of methoxy groups -OCH3 is 1. The van der Waals surface area contributed by atoms with Gasteiger partial charge in [0, 0.05) is 0 Å². The fourth-order valence-electron chi connectivity index (χ4n) is 1.49. The molecule has 0 aromatic heterocycles. The van der Waals surface area contributed by atoms with Crippen molar-refractivity contribution >= 4 is 0 Å². The van der Waals surface area contributed by atoms with Crippen molar-refractivity contribution in [1.29, 1.82) is 0 Å². The van der Waals surface area contributed by atoms with Crippen molar-refractivity contribution in [3.05, 3.63) is 29.3 Å². The molecule has 0 aliphatic heterocycles. The summed E-state index contributed by atoms with van der Waals surface area (Å²) in [5.41, 5.74) is -1.58. The van der Waals surface area contributed by atoms with Gasteiger partial charge >= 0.3 is 0 Å². The summed E-state index contributed by atoms with van der Waals surface area (Å²) in [5.74, 6) is -1.56. The van der Waals surface area contributed by atoms with Gasteiger partial charge in [0.15, 0.2) is 11.6 Å². The second-order valence-corrected chi connectivity index (χ2v) is 3.47. The van der Waals surface area contributed by atoms with Crippen molar-refractivity contribution in [2.24, 2.45) is 0 Å². The van der Waals surface area contributed by atoms with E-state index in [2.05, 4.69) is 0 Å². The summed E-state index contributed by atoms with van der Waals surface area (Å²) in [4.78, 5) is 0. The number of benzene rings is 1. The maximum atomic E-state index is 13.5. The van der Waals surface area contributed by atoms with Gasteiger partial charge in [0.05, 0.1) is 18.3 Å². The highest BCUT2D eigenvalue weighted by atomic mass is 19.1. The van der Waals surface area contributed by atoms with E-state index in [0.717, 1.165) is 6.07 Å². The second-order valence-electron chi connectivity index (χ2n) is 3.47. The summed E-state index contributed by atoms with van der Waals surface area (Å²) >= 11 is 0. The highest BCUT2D eigenvalue weighted by Gasteiger charge is 2.46. The average Bonchev–Trinajstić information content (AvgIpc) is 2.85. The number of ether oxygens (including phenoxy) is 1. The van der Waals surface area contributed by atoms with Gasteiger partial charge in [0.25, 0.3) is 0 Å². The first-order valence-corrected chi connectivity index (χ1v) is 4.33. The largest absolute Gasteiger partial charge is 0.494 e. The zero-order valence-electron chi connectivity index (χ0n) is 7.68. The van der Waals surface area contributed by atoms with E-state index in [0.29, 0.717) is 12.8 Å². The molecule has 2 nitrogen and oxygen atoms in total. The molecule has 0 spiro atoms. The molecule has 0 radical (unpaired) electrons. The molecule has 1 aromatic rings. The van der Waals surface area contributed by atoms with Gasteiger partial charge in [-0.3, -0.25) is 0 Å². The van der Waals surface area contributed by atoms with Crippen LogP contribution in [0.3, 0.4) is 0 Å². The minimum absolute atomic E-state index is 0.0401. The highest BCUT2D eigenvalue weighted by molar-refractivity contribution is 5.38. The van der Waals surface area contributed by atoms with Crippen LogP contribution in [-0.4, -0.2) is 12.2 Å². The molecule has 1 aliphatic carbocycles. The van der Waals surface area contributed by atoms with Crippen LogP contribution in [0, 0.1) is 11.6 Å². The summed E-state index contributed by atoms with van der Waals surface area (Å²) in [6, 6.07) is 2.31. The van der Waals surface area contributed by atoms with E-state index < -0.39 is 17.2 Å². The molecule has 0 atom stereocenters. The molecular formula is C10H10F2O2. The van der Waals surface area contributed by atoms with Gasteiger partial charge in [-0.05, 0) is 25.0 Å². The molecule has 14 heavy (non-hydrogen) atoms. The van der Waals surface area contributed by atoms with Gasteiger partial charge in [0.2, 0.25) is 0 Å². The monoisotopic (exact) mass is 200 g/mol. The summed E-state index contributed by atoms with van der Waals surface area (Å²) in [7, 11) is 1.30. The third kappa shape index (κ3) is 1.26. The van der Waals surface area contributed by atoms with E-state index in [1.807, 2.05) is 0 Å². The first-order valence-electron chi connectivity index (χ1n) is 4.33. The van der Waals surface area contributed by atoms with Crippen LogP contribution in [0.2, 0.25) is 0 Å². The quantitative estimate of drug-likeness (QED) is 0.790. The molecule has 1 aromatic carbocycles. The Morgan fingerprint density at radius 2 is 2.00 bits per heavy atom. The van der Waals surface area contributed by atoms with E-state index in [1.165, 1.54) is 13.2 Å². The van der Waals surface area contributed by atoms with E-state index in [4.69, 9.17) is 4.74 Å². The molecule has 0 amide bonds. The van der Waals surface area contributed by atoms with Crippen molar-refractivity contribution in [2.45, 2.75) is 18.4 Å². The summed E-state index contributed by atoms with van der Waals surface area (Å²) in [6.07, 6.45) is 0.794. The van der Waals surface area contributed by atoms with Gasteiger partial charge in [-0.25, -0.2) is 8.78 Å². The summed E-state index contributed by atoms with van der Waals surface area (Å²) in [5, 5.41) is 9.65. The van der Waals surface area contributed by atoms with Crippen LogP contribution in [0.5, 0.6) is 5.75 Å². The summed E-state index contributed by atoms with van der Waals surface area (Å²) in [6.45, 7) is 0. The molecule has 1 fully saturated rings. The Labute approximate surface area is 80.1 Å². The zero-order valence-corrected chi connectivity index (χ0v) is 7.68. The average molecular weight is 200 g/mol. The Bertz CT molecular complexity index is 373. The van der Waals surface area contributed by atoms with Crippen LogP contribution >= 0.6 is 0 Å². The maximum absolute atomic E-state index is 13.5. The van der Waals surface area contributed by atoms with Crippen LogP contribution in [0.4, 0.5) is 8.78 Å². The molecule has 0 saturated heterocycles. The van der Waals surface area contributed by atoms with Crippen molar-refractivity contribution < 1.29 is 18.6 Å². The van der Waals surface area contributed by atoms with Gasteiger partial charge < -0.3 is 9.84 Å². The highest BCUT2D eigenvalue weighted by Crippen LogP contribution is 2.48. The molecule has 0 bridgehead atoms. The number of halogens is 2. The topological polar surface area (TPSA) is 29.5 Å². The lowest BCUT2D eigenvalue weighted by atomic mass is 10.1. The lowest BCUT2D eigenvalue weighted by Crippen LogP contribution is -2.11. The van der Waals surface area contributed by atoms with Gasteiger partial charge in [0.1, 0.15) is 5.82 Å². The normalized spacial score (nSPS) is 18.0. The fraction of sp³-hybridized carbons (Fsp3) is 0.400. The Hall–Kier alpha value is -1.16. The van der Waals surface area contributed by atoms with Crippen LogP contribution < -0.4 is 4.74 Å². The van der Waals surface area contributed by atoms with Crippen LogP contribution in [0.25, 0.3) is 0 Å². The minimum atomic E-state index is -1.32. The molecular weight excluding hydrogens is 190 g/mol.